The lowest BCUT2D eigenvalue weighted by Crippen LogP contribution is -2.44. The van der Waals surface area contributed by atoms with Crippen molar-refractivity contribution in [1.82, 2.24) is 14.7 Å². The first kappa shape index (κ1) is 13.8. The summed E-state index contributed by atoms with van der Waals surface area (Å²) in [5, 5.41) is 16.0. The fourth-order valence-electron chi connectivity index (χ4n) is 2.67. The Morgan fingerprint density at radius 3 is 2.86 bits per heavy atom. The van der Waals surface area contributed by atoms with Gasteiger partial charge >= 0.3 is 5.82 Å². The van der Waals surface area contributed by atoms with E-state index in [9.17, 15) is 14.9 Å². The molecule has 1 saturated heterocycles. The maximum absolute atomic E-state index is 11.3. The van der Waals surface area contributed by atoms with E-state index in [1.54, 1.807) is 11.6 Å². The van der Waals surface area contributed by atoms with Gasteiger partial charge in [-0.1, -0.05) is 11.3 Å². The number of piperidine rings is 1. The molecule has 0 atom stereocenters. The van der Waals surface area contributed by atoms with Gasteiger partial charge in [-0.3, -0.25) is 4.79 Å². The van der Waals surface area contributed by atoms with Gasteiger partial charge in [-0.25, -0.2) is 0 Å². The summed E-state index contributed by atoms with van der Waals surface area (Å²) in [4.78, 5) is 28.9. The Bertz CT molecular complexity index is 686. The number of anilines is 1. The van der Waals surface area contributed by atoms with Gasteiger partial charge in [0.15, 0.2) is 0 Å². The zero-order valence-corrected chi connectivity index (χ0v) is 12.3. The zero-order chi connectivity index (χ0) is 15.0. The molecule has 1 N–H and O–H groups in total. The van der Waals surface area contributed by atoms with Gasteiger partial charge in [0.25, 0.3) is 4.96 Å². The monoisotopic (exact) mass is 309 g/mol. The van der Waals surface area contributed by atoms with Gasteiger partial charge in [0.1, 0.15) is 6.20 Å². The van der Waals surface area contributed by atoms with Crippen LogP contribution < -0.4 is 10.2 Å². The first-order valence-electron chi connectivity index (χ1n) is 6.68. The Morgan fingerprint density at radius 2 is 2.24 bits per heavy atom. The van der Waals surface area contributed by atoms with E-state index in [2.05, 4.69) is 10.3 Å². The molecule has 3 rings (SSSR count). The first-order chi connectivity index (χ1) is 10.1. The van der Waals surface area contributed by atoms with Crippen LogP contribution in [-0.2, 0) is 4.79 Å². The third-order valence-corrected chi connectivity index (χ3v) is 4.35. The number of fused-ring (bicyclic) bond motifs is 1. The zero-order valence-electron chi connectivity index (χ0n) is 11.5. The maximum Gasteiger partial charge on any atom is 0.373 e. The molecule has 1 fully saturated rings. The second-order valence-corrected chi connectivity index (χ2v) is 5.91. The third-order valence-electron chi connectivity index (χ3n) is 3.59. The van der Waals surface area contributed by atoms with Gasteiger partial charge in [0, 0.05) is 31.4 Å². The summed E-state index contributed by atoms with van der Waals surface area (Å²) in [6.07, 6.45) is 3.20. The molecular formula is C12H15N5O3S. The average molecular weight is 309 g/mol. The number of imidazole rings is 1. The lowest BCUT2D eigenvalue weighted by atomic mass is 10.1. The number of nitrogens with one attached hydrogen (secondary N) is 1. The molecule has 0 bridgehead atoms. The summed E-state index contributed by atoms with van der Waals surface area (Å²) < 4.78 is 1.51. The first-order valence-corrected chi connectivity index (χ1v) is 7.56. The number of thiazole rings is 1. The van der Waals surface area contributed by atoms with Crippen molar-refractivity contribution in [3.8, 4) is 0 Å². The Hall–Kier alpha value is -2.16. The number of nitrogens with zero attached hydrogens (tertiary/aromatic N) is 4. The lowest BCUT2D eigenvalue weighted by molar-refractivity contribution is -0.389. The Kier molecular flexibility index (Phi) is 3.50. The minimum Gasteiger partial charge on any atom is -0.358 e. The molecule has 1 aliphatic rings. The highest BCUT2D eigenvalue weighted by Gasteiger charge is 2.30. The molecule has 2 aromatic rings. The lowest BCUT2D eigenvalue weighted by Gasteiger charge is -2.31. The standard InChI is InChI=1S/C12H15N5O3S/c1-8(18)13-9-2-4-15(5-3-9)10-11(17(19)20)16-6-7-21-12(16)14-10/h6-7,9H,2-5H2,1H3,(H,13,18). The predicted molar refractivity (Wildman–Crippen MR) is 78.8 cm³/mol. The molecule has 9 heteroatoms. The molecule has 3 heterocycles. The Morgan fingerprint density at radius 1 is 1.52 bits per heavy atom. The van der Waals surface area contributed by atoms with E-state index in [1.165, 1.54) is 22.7 Å². The molecule has 0 spiro atoms. The van der Waals surface area contributed by atoms with E-state index in [-0.39, 0.29) is 22.7 Å². The average Bonchev–Trinajstić information content (AvgIpc) is 2.98. The smallest absolute Gasteiger partial charge is 0.358 e. The molecule has 0 saturated carbocycles. The number of amides is 1. The van der Waals surface area contributed by atoms with Crippen LogP contribution in [0, 0.1) is 10.1 Å². The van der Waals surface area contributed by atoms with E-state index < -0.39 is 0 Å². The summed E-state index contributed by atoms with van der Waals surface area (Å²) in [6.45, 7) is 2.80. The van der Waals surface area contributed by atoms with Gasteiger partial charge in [-0.15, -0.1) is 0 Å². The molecule has 8 nitrogen and oxygen atoms in total. The second kappa shape index (κ2) is 5.32. The number of hydrogen-bond donors (Lipinski definition) is 1. The van der Waals surface area contributed by atoms with Gasteiger partial charge in [-0.05, 0) is 17.8 Å². The van der Waals surface area contributed by atoms with Crippen molar-refractivity contribution in [2.24, 2.45) is 0 Å². The molecule has 0 aliphatic carbocycles. The second-order valence-electron chi connectivity index (χ2n) is 5.03. The number of hydrogen-bond acceptors (Lipinski definition) is 6. The van der Waals surface area contributed by atoms with E-state index in [0.717, 1.165) is 12.8 Å². The molecule has 1 aliphatic heterocycles. The summed E-state index contributed by atoms with van der Waals surface area (Å²) >= 11 is 1.38. The highest BCUT2D eigenvalue weighted by molar-refractivity contribution is 7.15. The highest BCUT2D eigenvalue weighted by Crippen LogP contribution is 2.32. The van der Waals surface area contributed by atoms with Crippen molar-refractivity contribution < 1.29 is 9.72 Å². The minimum absolute atomic E-state index is 0.0178. The van der Waals surface area contributed by atoms with E-state index in [0.29, 0.717) is 23.9 Å². The number of carbonyl (C=O) groups is 1. The predicted octanol–water partition coefficient (Wildman–Crippen LogP) is 1.41. The summed E-state index contributed by atoms with van der Waals surface area (Å²) in [7, 11) is 0. The SMILES string of the molecule is CC(=O)NC1CCN(c2nc3sccn3c2[N+](=O)[O-])CC1. The van der Waals surface area contributed by atoms with Crippen molar-refractivity contribution >= 4 is 33.8 Å². The topological polar surface area (TPSA) is 92.8 Å². The molecule has 0 radical (unpaired) electrons. The van der Waals surface area contributed by atoms with Crippen molar-refractivity contribution in [3.05, 3.63) is 21.7 Å². The normalized spacial score (nSPS) is 16.3. The minimum atomic E-state index is -0.387. The fraction of sp³-hybridized carbons (Fsp3) is 0.500. The van der Waals surface area contributed by atoms with Crippen molar-refractivity contribution in [1.29, 1.82) is 0 Å². The number of rotatable bonds is 3. The molecule has 1 amide bonds. The van der Waals surface area contributed by atoms with Crippen molar-refractivity contribution in [3.63, 3.8) is 0 Å². The molecule has 0 unspecified atom stereocenters. The van der Waals surface area contributed by atoms with Crippen molar-refractivity contribution in [2.75, 3.05) is 18.0 Å². The largest absolute Gasteiger partial charge is 0.373 e. The molecular weight excluding hydrogens is 294 g/mol. The van der Waals surface area contributed by atoms with Crippen LogP contribution >= 0.6 is 11.3 Å². The van der Waals surface area contributed by atoms with Gasteiger partial charge in [-0.2, -0.15) is 9.38 Å². The maximum atomic E-state index is 11.3. The fourth-order valence-corrected chi connectivity index (χ4v) is 3.37. The molecule has 112 valence electrons. The van der Waals surface area contributed by atoms with E-state index in [4.69, 9.17) is 0 Å². The van der Waals surface area contributed by atoms with Crippen LogP contribution in [0.2, 0.25) is 0 Å². The molecule has 2 aromatic heterocycles. The van der Waals surface area contributed by atoms with Gasteiger partial charge < -0.3 is 20.3 Å². The summed E-state index contributed by atoms with van der Waals surface area (Å²) in [5.41, 5.74) is 0. The molecule has 0 aromatic carbocycles. The van der Waals surface area contributed by atoms with Crippen LogP contribution in [0.5, 0.6) is 0 Å². The van der Waals surface area contributed by atoms with Crippen LogP contribution in [0.15, 0.2) is 11.6 Å². The summed E-state index contributed by atoms with van der Waals surface area (Å²) in [5.74, 6) is 0.402. The van der Waals surface area contributed by atoms with Crippen LogP contribution in [0.4, 0.5) is 11.6 Å². The Labute approximate surface area is 124 Å². The van der Waals surface area contributed by atoms with Crippen LogP contribution in [0.25, 0.3) is 4.96 Å². The van der Waals surface area contributed by atoms with E-state index >= 15 is 0 Å². The number of carbonyl (C=O) groups excluding carboxylic acids is 1. The van der Waals surface area contributed by atoms with Gasteiger partial charge in [0.05, 0.1) is 0 Å². The Balaban J connectivity index is 1.82. The van der Waals surface area contributed by atoms with Gasteiger partial charge in [0.2, 0.25) is 11.7 Å². The van der Waals surface area contributed by atoms with Crippen LogP contribution in [-0.4, -0.2) is 39.3 Å². The van der Waals surface area contributed by atoms with Crippen LogP contribution in [0.1, 0.15) is 19.8 Å². The third kappa shape index (κ3) is 2.56. The summed E-state index contributed by atoms with van der Waals surface area (Å²) in [6, 6.07) is 0.140. The van der Waals surface area contributed by atoms with Crippen molar-refractivity contribution in [2.45, 2.75) is 25.8 Å². The molecule has 21 heavy (non-hydrogen) atoms. The number of nitro groups is 1. The quantitative estimate of drug-likeness (QED) is 0.683. The van der Waals surface area contributed by atoms with E-state index in [1.807, 2.05) is 4.90 Å². The number of aromatic nitrogens is 2. The van der Waals surface area contributed by atoms with Crippen LogP contribution in [0.3, 0.4) is 0 Å². The highest BCUT2D eigenvalue weighted by atomic mass is 32.1.